The highest BCUT2D eigenvalue weighted by Gasteiger charge is 2.12. The number of hydrogen-bond acceptors (Lipinski definition) is 3. The van der Waals surface area contributed by atoms with Gasteiger partial charge < -0.3 is 0 Å². The molecule has 1 aromatic rings. The lowest BCUT2D eigenvalue weighted by molar-refractivity contribution is -0.128. The Labute approximate surface area is 115 Å². The Morgan fingerprint density at radius 1 is 1.37 bits per heavy atom. The van der Waals surface area contributed by atoms with Crippen molar-refractivity contribution in [3.05, 3.63) is 34.6 Å². The average Bonchev–Trinajstić information content (AvgIpc) is 2.31. The molecule has 0 fully saturated rings. The maximum absolute atomic E-state index is 13.5. The first-order valence-electron chi connectivity index (χ1n) is 5.57. The molecule has 1 aromatic carbocycles. The highest BCUT2D eigenvalue weighted by Crippen LogP contribution is 2.20. The molecule has 0 bridgehead atoms. The maximum Gasteiger partial charge on any atom is 0.252 e. The van der Waals surface area contributed by atoms with Crippen LogP contribution in [-0.2, 0) is 16.1 Å². The summed E-state index contributed by atoms with van der Waals surface area (Å²) in [6, 6.07) is 4.42. The molecule has 104 valence electrons. The molecule has 2 N–H and O–H groups in total. The summed E-state index contributed by atoms with van der Waals surface area (Å²) in [5.41, 5.74) is 4.73. The summed E-state index contributed by atoms with van der Waals surface area (Å²) in [5, 5.41) is 0.314. The fourth-order valence-electron chi connectivity index (χ4n) is 1.45. The first kappa shape index (κ1) is 15.4. The van der Waals surface area contributed by atoms with Gasteiger partial charge in [-0.05, 0) is 19.2 Å². The van der Waals surface area contributed by atoms with Crippen LogP contribution in [0.15, 0.2) is 18.2 Å². The van der Waals surface area contributed by atoms with E-state index in [2.05, 4.69) is 10.9 Å². The summed E-state index contributed by atoms with van der Waals surface area (Å²) in [5.74, 6) is -1.18. The number of nitrogens with one attached hydrogen (secondary N) is 2. The lowest BCUT2D eigenvalue weighted by Gasteiger charge is -2.17. The van der Waals surface area contributed by atoms with Crippen molar-refractivity contribution in [1.29, 1.82) is 0 Å². The van der Waals surface area contributed by atoms with Crippen LogP contribution in [0.3, 0.4) is 0 Å². The van der Waals surface area contributed by atoms with E-state index in [9.17, 15) is 14.0 Å². The number of halogens is 2. The van der Waals surface area contributed by atoms with Gasteiger partial charge in [0.15, 0.2) is 0 Å². The normalized spacial score (nSPS) is 10.4. The molecule has 19 heavy (non-hydrogen) atoms. The van der Waals surface area contributed by atoms with Crippen LogP contribution in [-0.4, -0.2) is 30.3 Å². The summed E-state index contributed by atoms with van der Waals surface area (Å²) < 4.78 is 13.5. The molecule has 0 spiro atoms. The van der Waals surface area contributed by atoms with Gasteiger partial charge in [0.25, 0.3) is 5.91 Å². The minimum Gasteiger partial charge on any atom is -0.293 e. The van der Waals surface area contributed by atoms with Crippen molar-refractivity contribution in [2.45, 2.75) is 13.5 Å². The second-order valence-electron chi connectivity index (χ2n) is 4.10. The molecule has 0 aliphatic rings. The van der Waals surface area contributed by atoms with Crippen molar-refractivity contribution in [1.82, 2.24) is 15.8 Å². The second kappa shape index (κ2) is 7.06. The van der Waals surface area contributed by atoms with Crippen LogP contribution in [0.2, 0.25) is 5.02 Å². The first-order valence-corrected chi connectivity index (χ1v) is 5.94. The predicted molar refractivity (Wildman–Crippen MR) is 69.7 cm³/mol. The zero-order valence-corrected chi connectivity index (χ0v) is 11.4. The van der Waals surface area contributed by atoms with Gasteiger partial charge in [-0.15, -0.1) is 0 Å². The standard InChI is InChI=1S/C12H15ClFN3O2/c1-8(18)15-16-12(19)7-17(2)6-9-10(13)4-3-5-11(9)14/h3-5H,6-7H2,1-2H3,(H,15,18)(H,16,19). The lowest BCUT2D eigenvalue weighted by atomic mass is 10.2. The van der Waals surface area contributed by atoms with Crippen molar-refractivity contribution >= 4 is 23.4 Å². The van der Waals surface area contributed by atoms with Gasteiger partial charge in [-0.2, -0.15) is 0 Å². The van der Waals surface area contributed by atoms with Gasteiger partial charge in [0.1, 0.15) is 5.82 Å². The number of benzene rings is 1. The van der Waals surface area contributed by atoms with Crippen molar-refractivity contribution in [2.24, 2.45) is 0 Å². The number of carbonyl (C=O) groups is 2. The fourth-order valence-corrected chi connectivity index (χ4v) is 1.67. The number of rotatable bonds is 4. The van der Waals surface area contributed by atoms with Gasteiger partial charge in [0.05, 0.1) is 6.54 Å². The van der Waals surface area contributed by atoms with Crippen molar-refractivity contribution < 1.29 is 14.0 Å². The van der Waals surface area contributed by atoms with E-state index in [0.717, 1.165) is 0 Å². The zero-order chi connectivity index (χ0) is 14.4. The quantitative estimate of drug-likeness (QED) is 0.815. The molecule has 0 saturated heterocycles. The molecule has 0 aromatic heterocycles. The molecule has 0 radical (unpaired) electrons. The Balaban J connectivity index is 2.53. The fraction of sp³-hybridized carbons (Fsp3) is 0.333. The third-order valence-corrected chi connectivity index (χ3v) is 2.64. The second-order valence-corrected chi connectivity index (χ2v) is 4.51. The van der Waals surface area contributed by atoms with Crippen LogP contribution < -0.4 is 10.9 Å². The minimum absolute atomic E-state index is 0.00490. The van der Waals surface area contributed by atoms with E-state index in [0.29, 0.717) is 10.6 Å². The smallest absolute Gasteiger partial charge is 0.252 e. The lowest BCUT2D eigenvalue weighted by Crippen LogP contribution is -2.44. The molecule has 0 saturated carbocycles. The number of hydrogen-bond donors (Lipinski definition) is 2. The number of carbonyl (C=O) groups excluding carboxylic acids is 2. The van der Waals surface area contributed by atoms with E-state index in [4.69, 9.17) is 11.6 Å². The van der Waals surface area contributed by atoms with Crippen LogP contribution in [0.5, 0.6) is 0 Å². The maximum atomic E-state index is 13.5. The molecule has 0 aliphatic carbocycles. The van der Waals surface area contributed by atoms with Gasteiger partial charge in [-0.25, -0.2) is 4.39 Å². The van der Waals surface area contributed by atoms with Crippen LogP contribution in [0.1, 0.15) is 12.5 Å². The van der Waals surface area contributed by atoms with Gasteiger partial charge in [0.2, 0.25) is 5.91 Å². The predicted octanol–water partition coefficient (Wildman–Crippen LogP) is 1.08. The molecule has 0 heterocycles. The number of amides is 2. The molecular formula is C12H15ClFN3O2. The third kappa shape index (κ3) is 5.23. The third-order valence-electron chi connectivity index (χ3n) is 2.28. The van der Waals surface area contributed by atoms with E-state index >= 15 is 0 Å². The molecule has 0 unspecified atom stereocenters. The average molecular weight is 288 g/mol. The van der Waals surface area contributed by atoms with E-state index in [1.807, 2.05) is 0 Å². The first-order chi connectivity index (χ1) is 8.90. The summed E-state index contributed by atoms with van der Waals surface area (Å²) >= 11 is 5.89. The topological polar surface area (TPSA) is 61.4 Å². The Hall–Kier alpha value is -1.66. The number of hydrazine groups is 1. The molecule has 1 rings (SSSR count). The van der Waals surface area contributed by atoms with E-state index in [1.54, 1.807) is 18.0 Å². The molecule has 5 nitrogen and oxygen atoms in total. The monoisotopic (exact) mass is 287 g/mol. The van der Waals surface area contributed by atoms with Crippen LogP contribution in [0.25, 0.3) is 0 Å². The molecule has 0 aliphatic heterocycles. The Kier molecular flexibility index (Phi) is 5.72. The number of nitrogens with zero attached hydrogens (tertiary/aromatic N) is 1. The van der Waals surface area contributed by atoms with E-state index in [1.165, 1.54) is 19.1 Å². The number of likely N-dealkylation sites (N-methyl/N-ethyl adjacent to an activating group) is 1. The molecular weight excluding hydrogens is 273 g/mol. The van der Waals surface area contributed by atoms with Crippen LogP contribution in [0.4, 0.5) is 4.39 Å². The SMILES string of the molecule is CC(=O)NNC(=O)CN(C)Cc1c(F)cccc1Cl. The Morgan fingerprint density at radius 2 is 2.05 bits per heavy atom. The van der Waals surface area contributed by atoms with Gasteiger partial charge in [0, 0.05) is 24.1 Å². The van der Waals surface area contributed by atoms with Gasteiger partial charge in [-0.1, -0.05) is 17.7 Å². The largest absolute Gasteiger partial charge is 0.293 e. The summed E-state index contributed by atoms with van der Waals surface area (Å²) in [7, 11) is 1.65. The van der Waals surface area contributed by atoms with E-state index in [-0.39, 0.29) is 19.0 Å². The summed E-state index contributed by atoms with van der Waals surface area (Å²) in [6.07, 6.45) is 0. The Morgan fingerprint density at radius 3 is 2.63 bits per heavy atom. The summed E-state index contributed by atoms with van der Waals surface area (Å²) in [6.45, 7) is 1.48. The van der Waals surface area contributed by atoms with Gasteiger partial charge in [-0.3, -0.25) is 25.3 Å². The highest BCUT2D eigenvalue weighted by molar-refractivity contribution is 6.31. The summed E-state index contributed by atoms with van der Waals surface area (Å²) in [4.78, 5) is 23.6. The molecule has 0 atom stereocenters. The minimum atomic E-state index is -0.415. The van der Waals surface area contributed by atoms with Crippen molar-refractivity contribution in [3.63, 3.8) is 0 Å². The van der Waals surface area contributed by atoms with Gasteiger partial charge >= 0.3 is 0 Å². The molecule has 2 amide bonds. The highest BCUT2D eigenvalue weighted by atomic mass is 35.5. The zero-order valence-electron chi connectivity index (χ0n) is 10.7. The van der Waals surface area contributed by atoms with Crippen molar-refractivity contribution in [3.8, 4) is 0 Å². The Bertz CT molecular complexity index is 462. The molecule has 7 heteroatoms. The van der Waals surface area contributed by atoms with Crippen molar-refractivity contribution in [2.75, 3.05) is 13.6 Å². The van der Waals surface area contributed by atoms with Crippen LogP contribution in [0, 0.1) is 5.82 Å². The van der Waals surface area contributed by atoms with Crippen LogP contribution >= 0.6 is 11.6 Å². The van der Waals surface area contributed by atoms with E-state index < -0.39 is 11.7 Å².